The number of fused-ring (bicyclic) bond motifs is 1. The fourth-order valence-electron chi connectivity index (χ4n) is 3.35. The molecular weight excluding hydrogens is 422 g/mol. The lowest BCUT2D eigenvalue weighted by Gasteiger charge is -2.23. The highest BCUT2D eigenvalue weighted by atomic mass is 32.2. The van der Waals surface area contributed by atoms with Crippen molar-refractivity contribution in [3.63, 3.8) is 0 Å². The number of carbonyl (C=O) groups excluding carboxylic acids is 2. The van der Waals surface area contributed by atoms with Crippen LogP contribution in [-0.4, -0.2) is 45.9 Å². The monoisotopic (exact) mass is 443 g/mol. The van der Waals surface area contributed by atoms with Gasteiger partial charge in [-0.3, -0.25) is 4.79 Å². The zero-order valence-corrected chi connectivity index (χ0v) is 18.2. The number of nitrogens with one attached hydrogen (secondary N) is 1. The molecule has 4 rings (SSSR count). The zero-order valence-electron chi connectivity index (χ0n) is 17.4. The van der Waals surface area contributed by atoms with Gasteiger partial charge in [-0.1, -0.05) is 23.9 Å². The summed E-state index contributed by atoms with van der Waals surface area (Å²) in [5.74, 6) is 0.871. The Kier molecular flexibility index (Phi) is 5.73. The molecule has 0 spiro atoms. The van der Waals surface area contributed by atoms with Crippen molar-refractivity contribution in [3.05, 3.63) is 52.7 Å². The van der Waals surface area contributed by atoms with Gasteiger partial charge in [0.2, 0.25) is 6.10 Å². The molecule has 3 heterocycles. The summed E-state index contributed by atoms with van der Waals surface area (Å²) in [6.45, 7) is 5.42. The van der Waals surface area contributed by atoms with E-state index in [2.05, 4.69) is 15.2 Å². The van der Waals surface area contributed by atoms with Crippen molar-refractivity contribution >= 4 is 23.5 Å². The van der Waals surface area contributed by atoms with E-state index in [0.29, 0.717) is 34.0 Å². The Bertz CT molecular complexity index is 1140. The zero-order chi connectivity index (χ0) is 22.1. The lowest BCUT2D eigenvalue weighted by atomic mass is 10.1. The molecule has 31 heavy (non-hydrogen) atoms. The first-order chi connectivity index (χ1) is 14.9. The standard InChI is InChI=1S/C21H21N3O6S/c1-10-16(20(26)27-4)11(2)22-17(10)18(25)12(3)31-21-24-23-19(30-21)15-9-28-13-7-5-6-8-14(13)29-15/h5-8,12,15,22H,9H2,1-4H3. The summed E-state index contributed by atoms with van der Waals surface area (Å²) in [4.78, 5) is 27.9. The number of benzene rings is 1. The van der Waals surface area contributed by atoms with Gasteiger partial charge in [-0.2, -0.15) is 0 Å². The molecule has 2 aromatic heterocycles. The molecule has 10 heteroatoms. The van der Waals surface area contributed by atoms with Gasteiger partial charge in [0.05, 0.1) is 23.6 Å². The first-order valence-corrected chi connectivity index (χ1v) is 10.5. The van der Waals surface area contributed by atoms with Crippen molar-refractivity contribution < 1.29 is 28.2 Å². The number of para-hydroxylation sites is 2. The van der Waals surface area contributed by atoms with Crippen LogP contribution >= 0.6 is 11.8 Å². The normalized spacial score (nSPS) is 16.1. The molecule has 9 nitrogen and oxygen atoms in total. The third-order valence-corrected chi connectivity index (χ3v) is 5.86. The Labute approximate surface area is 182 Å². The second kappa shape index (κ2) is 8.46. The number of aromatic amines is 1. The minimum atomic E-state index is -0.529. The van der Waals surface area contributed by atoms with Gasteiger partial charge in [0.25, 0.3) is 11.1 Å². The largest absolute Gasteiger partial charge is 0.485 e. The smallest absolute Gasteiger partial charge is 0.339 e. The van der Waals surface area contributed by atoms with E-state index in [4.69, 9.17) is 18.6 Å². The molecule has 1 aromatic carbocycles. The van der Waals surface area contributed by atoms with Crippen LogP contribution in [0, 0.1) is 13.8 Å². The first kappa shape index (κ1) is 21.0. The molecule has 1 N–H and O–H groups in total. The maximum Gasteiger partial charge on any atom is 0.339 e. The van der Waals surface area contributed by atoms with Crippen LogP contribution in [0.5, 0.6) is 11.5 Å². The van der Waals surface area contributed by atoms with E-state index in [1.807, 2.05) is 18.2 Å². The Hall–Kier alpha value is -3.27. The molecule has 3 aromatic rings. The highest BCUT2D eigenvalue weighted by molar-refractivity contribution is 8.00. The summed E-state index contributed by atoms with van der Waals surface area (Å²) >= 11 is 1.13. The number of aryl methyl sites for hydroxylation is 1. The number of Topliss-reactive ketones (excluding diaryl/α,β-unsaturated/α-hetero) is 1. The molecular formula is C21H21N3O6S. The number of carbonyl (C=O) groups is 2. The van der Waals surface area contributed by atoms with Crippen LogP contribution in [0.3, 0.4) is 0 Å². The molecule has 0 aliphatic carbocycles. The van der Waals surface area contributed by atoms with Gasteiger partial charge in [0.15, 0.2) is 17.3 Å². The number of H-pyrrole nitrogens is 1. The first-order valence-electron chi connectivity index (χ1n) is 9.59. The van der Waals surface area contributed by atoms with Gasteiger partial charge in [0, 0.05) is 5.69 Å². The Morgan fingerprint density at radius 2 is 1.97 bits per heavy atom. The van der Waals surface area contributed by atoms with E-state index in [1.165, 1.54) is 7.11 Å². The SMILES string of the molecule is COC(=O)c1c(C)[nH]c(C(=O)C(C)Sc2nnc(C3COc4ccccc4O3)o2)c1C. The van der Waals surface area contributed by atoms with E-state index in [-0.39, 0.29) is 23.5 Å². The van der Waals surface area contributed by atoms with Gasteiger partial charge < -0.3 is 23.6 Å². The van der Waals surface area contributed by atoms with Crippen LogP contribution < -0.4 is 9.47 Å². The number of methoxy groups -OCH3 is 1. The van der Waals surface area contributed by atoms with E-state index in [1.54, 1.807) is 26.8 Å². The summed E-state index contributed by atoms with van der Waals surface area (Å²) in [6.07, 6.45) is -0.529. The van der Waals surface area contributed by atoms with Gasteiger partial charge in [0.1, 0.15) is 6.61 Å². The van der Waals surface area contributed by atoms with Crippen molar-refractivity contribution in [3.8, 4) is 11.5 Å². The Balaban J connectivity index is 1.46. The maximum absolute atomic E-state index is 13.0. The molecule has 1 aliphatic heterocycles. The lowest BCUT2D eigenvalue weighted by Crippen LogP contribution is -2.21. The molecule has 0 radical (unpaired) electrons. The third kappa shape index (κ3) is 4.02. The Morgan fingerprint density at radius 3 is 2.71 bits per heavy atom. The van der Waals surface area contributed by atoms with Crippen molar-refractivity contribution in [1.29, 1.82) is 0 Å². The van der Waals surface area contributed by atoms with Crippen LogP contribution in [0.2, 0.25) is 0 Å². The average molecular weight is 443 g/mol. The number of aromatic nitrogens is 3. The van der Waals surface area contributed by atoms with Crippen molar-refractivity contribution in [2.75, 3.05) is 13.7 Å². The minimum absolute atomic E-state index is 0.188. The second-order valence-corrected chi connectivity index (χ2v) is 8.30. The van der Waals surface area contributed by atoms with Gasteiger partial charge in [-0.15, -0.1) is 10.2 Å². The van der Waals surface area contributed by atoms with Crippen LogP contribution in [0.1, 0.15) is 51.0 Å². The number of esters is 1. The fraction of sp³-hybridized carbons (Fsp3) is 0.333. The molecule has 162 valence electrons. The number of ketones is 1. The van der Waals surface area contributed by atoms with E-state index >= 15 is 0 Å². The summed E-state index contributed by atoms with van der Waals surface area (Å²) in [5, 5.41) is 7.78. The van der Waals surface area contributed by atoms with Crippen LogP contribution in [0.25, 0.3) is 0 Å². The number of ether oxygens (including phenoxy) is 3. The summed E-state index contributed by atoms with van der Waals surface area (Å²) in [5.41, 5.74) is 1.87. The number of nitrogens with zero attached hydrogens (tertiary/aromatic N) is 2. The van der Waals surface area contributed by atoms with Crippen LogP contribution in [0.4, 0.5) is 0 Å². The van der Waals surface area contributed by atoms with Crippen LogP contribution in [0.15, 0.2) is 33.9 Å². The second-order valence-electron chi connectivity index (χ2n) is 7.01. The summed E-state index contributed by atoms with van der Waals surface area (Å²) in [7, 11) is 1.31. The molecule has 2 atom stereocenters. The molecule has 0 fully saturated rings. The van der Waals surface area contributed by atoms with E-state index in [9.17, 15) is 9.59 Å². The van der Waals surface area contributed by atoms with E-state index < -0.39 is 17.3 Å². The predicted octanol–water partition coefficient (Wildman–Crippen LogP) is 3.68. The summed E-state index contributed by atoms with van der Waals surface area (Å²) in [6, 6.07) is 7.34. The molecule has 0 saturated heterocycles. The molecule has 0 bridgehead atoms. The molecule has 0 amide bonds. The van der Waals surface area contributed by atoms with Crippen molar-refractivity contribution in [1.82, 2.24) is 15.2 Å². The number of thioether (sulfide) groups is 1. The number of hydrogen-bond acceptors (Lipinski definition) is 9. The lowest BCUT2D eigenvalue weighted by molar-refractivity contribution is 0.0599. The molecule has 2 unspecified atom stereocenters. The van der Waals surface area contributed by atoms with Gasteiger partial charge in [-0.25, -0.2) is 4.79 Å². The topological polar surface area (TPSA) is 117 Å². The Morgan fingerprint density at radius 1 is 1.23 bits per heavy atom. The minimum Gasteiger partial charge on any atom is -0.485 e. The van der Waals surface area contributed by atoms with Gasteiger partial charge in [-0.05, 0) is 38.5 Å². The quantitative estimate of drug-likeness (QED) is 0.346. The molecule has 1 aliphatic rings. The number of rotatable bonds is 6. The maximum atomic E-state index is 13.0. The van der Waals surface area contributed by atoms with Crippen LogP contribution in [-0.2, 0) is 4.74 Å². The van der Waals surface area contributed by atoms with E-state index in [0.717, 1.165) is 11.8 Å². The summed E-state index contributed by atoms with van der Waals surface area (Å²) < 4.78 is 22.1. The average Bonchev–Trinajstić information content (AvgIpc) is 3.36. The highest BCUT2D eigenvalue weighted by Crippen LogP contribution is 2.36. The third-order valence-electron chi connectivity index (χ3n) is 4.93. The van der Waals surface area contributed by atoms with Crippen molar-refractivity contribution in [2.45, 2.75) is 37.3 Å². The van der Waals surface area contributed by atoms with Crippen molar-refractivity contribution in [2.24, 2.45) is 0 Å². The molecule has 0 saturated carbocycles. The number of hydrogen-bond donors (Lipinski definition) is 1. The fourth-order valence-corrected chi connectivity index (χ4v) is 4.10. The van der Waals surface area contributed by atoms with Gasteiger partial charge >= 0.3 is 5.97 Å². The predicted molar refractivity (Wildman–Crippen MR) is 111 cm³/mol. The highest BCUT2D eigenvalue weighted by Gasteiger charge is 2.30.